The molecule has 8 heteroatoms. The molecule has 0 bridgehead atoms. The molecule has 1 atom stereocenters. The number of methoxy groups -OCH3 is 2. The first kappa shape index (κ1) is 19.6. The topological polar surface area (TPSA) is 119 Å². The monoisotopic (exact) mass is 390 g/mol. The lowest BCUT2D eigenvalue weighted by molar-refractivity contribution is -0.139. The van der Waals surface area contributed by atoms with E-state index in [0.717, 1.165) is 0 Å². The van der Waals surface area contributed by atoms with Crippen LogP contribution in [0.25, 0.3) is 0 Å². The van der Waals surface area contributed by atoms with E-state index in [9.17, 15) is 14.9 Å². The average molecular weight is 390 g/mol. The second kappa shape index (κ2) is 8.27. The van der Waals surface area contributed by atoms with Gasteiger partial charge in [-0.1, -0.05) is 24.3 Å². The fourth-order valence-electron chi connectivity index (χ4n) is 3.26. The van der Waals surface area contributed by atoms with Crippen molar-refractivity contribution in [3.05, 3.63) is 83.1 Å². The van der Waals surface area contributed by atoms with Gasteiger partial charge in [0.2, 0.25) is 0 Å². The predicted molar refractivity (Wildman–Crippen MR) is 104 cm³/mol. The number of carbonyl (C=O) groups excluding carboxylic acids is 2. The number of hydrogen-bond donors (Lipinski definition) is 1. The number of carbonyl (C=O) groups is 2. The number of para-hydroxylation sites is 1. The zero-order chi connectivity index (χ0) is 21.0. The van der Waals surface area contributed by atoms with E-state index in [1.54, 1.807) is 48.7 Å². The Kier molecular flexibility index (Phi) is 5.60. The van der Waals surface area contributed by atoms with E-state index >= 15 is 0 Å². The van der Waals surface area contributed by atoms with Gasteiger partial charge in [0.1, 0.15) is 11.5 Å². The van der Waals surface area contributed by atoms with Crippen LogP contribution in [0.3, 0.4) is 0 Å². The van der Waals surface area contributed by atoms with Crippen LogP contribution in [0.15, 0.2) is 77.5 Å². The summed E-state index contributed by atoms with van der Waals surface area (Å²) in [5, 5.41) is 9.89. The number of nitrogens with two attached hydrogens (primary N) is 1. The Hall–Kier alpha value is -4.12. The van der Waals surface area contributed by atoms with Crippen LogP contribution >= 0.6 is 0 Å². The maximum atomic E-state index is 12.8. The Balaban J connectivity index is 2.40. The minimum Gasteiger partial charge on any atom is -0.466 e. The number of hydrogen-bond acceptors (Lipinski definition) is 8. The average Bonchev–Trinajstić information content (AvgIpc) is 2.78. The van der Waals surface area contributed by atoms with Gasteiger partial charge in [0, 0.05) is 18.1 Å². The lowest BCUT2D eigenvalue weighted by Crippen LogP contribution is -2.40. The molecule has 1 aromatic heterocycles. The molecule has 2 heterocycles. The van der Waals surface area contributed by atoms with E-state index in [4.69, 9.17) is 15.2 Å². The van der Waals surface area contributed by atoms with Crippen LogP contribution in [-0.2, 0) is 19.1 Å². The van der Waals surface area contributed by atoms with Crippen molar-refractivity contribution < 1.29 is 19.1 Å². The summed E-state index contributed by atoms with van der Waals surface area (Å²) in [5.74, 6) is -2.49. The van der Waals surface area contributed by atoms with Crippen molar-refractivity contribution in [1.29, 1.82) is 5.26 Å². The highest BCUT2D eigenvalue weighted by molar-refractivity contribution is 6.06. The number of benzene rings is 1. The number of esters is 2. The van der Waals surface area contributed by atoms with Gasteiger partial charge in [-0.05, 0) is 23.8 Å². The van der Waals surface area contributed by atoms with Crippen LogP contribution in [0.4, 0.5) is 5.69 Å². The summed E-state index contributed by atoms with van der Waals surface area (Å²) in [6, 6.07) is 14.1. The summed E-state index contributed by atoms with van der Waals surface area (Å²) in [4.78, 5) is 31.0. The molecule has 2 aromatic rings. The standard InChI is InChI=1S/C21H18N4O4/c1-28-20(26)17-16(13-7-6-10-24-12-13)15(11-22)19(23)25(18(17)21(27)29-2)14-8-4-3-5-9-14/h3-10,12,16H,23H2,1-2H3. The first-order valence-corrected chi connectivity index (χ1v) is 8.60. The first-order valence-electron chi connectivity index (χ1n) is 8.60. The quantitative estimate of drug-likeness (QED) is 0.787. The van der Waals surface area contributed by atoms with Crippen molar-refractivity contribution >= 4 is 17.6 Å². The van der Waals surface area contributed by atoms with Crippen molar-refractivity contribution in [3.8, 4) is 6.07 Å². The van der Waals surface area contributed by atoms with Crippen molar-refractivity contribution in [2.24, 2.45) is 5.73 Å². The lowest BCUT2D eigenvalue weighted by atomic mass is 9.81. The maximum Gasteiger partial charge on any atom is 0.355 e. The molecule has 0 amide bonds. The van der Waals surface area contributed by atoms with E-state index < -0.39 is 17.9 Å². The second-order valence-corrected chi connectivity index (χ2v) is 6.05. The number of ether oxygens (including phenoxy) is 2. The Morgan fingerprint density at radius 2 is 1.79 bits per heavy atom. The number of allylic oxidation sites excluding steroid dienone is 1. The van der Waals surface area contributed by atoms with Crippen molar-refractivity contribution in [2.45, 2.75) is 5.92 Å². The number of nitriles is 1. The molecule has 29 heavy (non-hydrogen) atoms. The number of anilines is 1. The third-order valence-electron chi connectivity index (χ3n) is 4.51. The molecular weight excluding hydrogens is 372 g/mol. The van der Waals surface area contributed by atoms with Gasteiger partial charge < -0.3 is 15.2 Å². The molecule has 0 saturated carbocycles. The van der Waals surface area contributed by atoms with Crippen LogP contribution in [0.1, 0.15) is 11.5 Å². The van der Waals surface area contributed by atoms with Gasteiger partial charge in [-0.25, -0.2) is 9.59 Å². The summed E-state index contributed by atoms with van der Waals surface area (Å²) < 4.78 is 9.90. The summed E-state index contributed by atoms with van der Waals surface area (Å²) in [6.45, 7) is 0. The van der Waals surface area contributed by atoms with E-state index in [1.807, 2.05) is 0 Å². The van der Waals surface area contributed by atoms with Gasteiger partial charge in [-0.2, -0.15) is 5.26 Å². The van der Waals surface area contributed by atoms with Crippen molar-refractivity contribution in [1.82, 2.24) is 4.98 Å². The fourth-order valence-corrected chi connectivity index (χ4v) is 3.26. The number of aromatic nitrogens is 1. The molecule has 0 radical (unpaired) electrons. The maximum absolute atomic E-state index is 12.8. The molecule has 1 aliphatic heterocycles. The highest BCUT2D eigenvalue weighted by Gasteiger charge is 2.43. The summed E-state index contributed by atoms with van der Waals surface area (Å²) in [6.07, 6.45) is 3.07. The number of pyridine rings is 1. The zero-order valence-corrected chi connectivity index (χ0v) is 15.8. The molecule has 146 valence electrons. The Morgan fingerprint density at radius 1 is 1.10 bits per heavy atom. The molecule has 8 nitrogen and oxygen atoms in total. The molecule has 0 aliphatic carbocycles. The summed E-state index contributed by atoms with van der Waals surface area (Å²) in [5.41, 5.74) is 7.28. The van der Waals surface area contributed by atoms with E-state index in [2.05, 4.69) is 11.1 Å². The third-order valence-corrected chi connectivity index (χ3v) is 4.51. The molecule has 1 aliphatic rings. The van der Waals surface area contributed by atoms with E-state index in [0.29, 0.717) is 11.3 Å². The molecular formula is C21H18N4O4. The van der Waals surface area contributed by atoms with Crippen LogP contribution in [0.5, 0.6) is 0 Å². The van der Waals surface area contributed by atoms with Crippen LogP contribution in [0.2, 0.25) is 0 Å². The largest absolute Gasteiger partial charge is 0.466 e. The van der Waals surface area contributed by atoms with Gasteiger partial charge in [-0.3, -0.25) is 9.88 Å². The zero-order valence-electron chi connectivity index (χ0n) is 15.8. The summed E-state index contributed by atoms with van der Waals surface area (Å²) >= 11 is 0. The highest BCUT2D eigenvalue weighted by atomic mass is 16.5. The SMILES string of the molecule is COC(=O)C1=C(C(=O)OC)N(c2ccccc2)C(N)=C(C#N)C1c1cccnc1. The van der Waals surface area contributed by atoms with Crippen molar-refractivity contribution in [3.63, 3.8) is 0 Å². The van der Waals surface area contributed by atoms with Crippen LogP contribution in [0, 0.1) is 11.3 Å². The van der Waals surface area contributed by atoms with Crippen LogP contribution < -0.4 is 10.6 Å². The number of nitrogens with zero attached hydrogens (tertiary/aromatic N) is 3. The van der Waals surface area contributed by atoms with E-state index in [1.165, 1.54) is 25.3 Å². The second-order valence-electron chi connectivity index (χ2n) is 6.05. The minimum absolute atomic E-state index is 0.0145. The van der Waals surface area contributed by atoms with Crippen LogP contribution in [-0.4, -0.2) is 31.1 Å². The molecule has 0 spiro atoms. The smallest absolute Gasteiger partial charge is 0.355 e. The number of rotatable bonds is 4. The van der Waals surface area contributed by atoms with Gasteiger partial charge >= 0.3 is 11.9 Å². The van der Waals surface area contributed by atoms with E-state index in [-0.39, 0.29) is 22.7 Å². The molecule has 0 fully saturated rings. The predicted octanol–water partition coefficient (Wildman–Crippen LogP) is 1.98. The minimum atomic E-state index is -0.935. The normalized spacial score (nSPS) is 16.3. The van der Waals surface area contributed by atoms with Gasteiger partial charge in [-0.15, -0.1) is 0 Å². The first-order chi connectivity index (χ1) is 14.0. The molecule has 3 rings (SSSR count). The molecule has 1 unspecified atom stereocenters. The Labute approximate surface area is 167 Å². The fraction of sp³-hybridized carbons (Fsp3) is 0.143. The van der Waals surface area contributed by atoms with Crippen molar-refractivity contribution in [2.75, 3.05) is 19.1 Å². The third kappa shape index (κ3) is 3.41. The molecule has 0 saturated heterocycles. The van der Waals surface area contributed by atoms with Gasteiger partial charge in [0.25, 0.3) is 0 Å². The highest BCUT2D eigenvalue weighted by Crippen LogP contribution is 2.42. The summed E-state index contributed by atoms with van der Waals surface area (Å²) in [7, 11) is 2.40. The van der Waals surface area contributed by atoms with Gasteiger partial charge in [0.05, 0.1) is 37.4 Å². The Morgan fingerprint density at radius 3 is 2.34 bits per heavy atom. The molecule has 2 N–H and O–H groups in total. The lowest BCUT2D eigenvalue weighted by Gasteiger charge is -2.35. The Bertz CT molecular complexity index is 1040. The van der Waals surface area contributed by atoms with Gasteiger partial charge in [0.15, 0.2) is 0 Å². The molecule has 1 aromatic carbocycles.